The maximum Gasteiger partial charge on any atom is 0.341 e. The van der Waals surface area contributed by atoms with Crippen molar-refractivity contribution in [2.75, 3.05) is 32.1 Å². The van der Waals surface area contributed by atoms with Crippen molar-refractivity contribution in [3.63, 3.8) is 0 Å². The number of hydrogen-bond acceptors (Lipinski definition) is 6. The lowest BCUT2D eigenvalue weighted by molar-refractivity contribution is -0.120. The average molecular weight is 478 g/mol. The molecule has 1 fully saturated rings. The molecule has 0 spiro atoms. The minimum Gasteiger partial charge on any atom is -0.497 e. The van der Waals surface area contributed by atoms with E-state index in [4.69, 9.17) is 9.47 Å². The summed E-state index contributed by atoms with van der Waals surface area (Å²) in [6, 6.07) is 6.95. The molecule has 1 aliphatic heterocycles. The van der Waals surface area contributed by atoms with Crippen molar-refractivity contribution in [1.29, 1.82) is 0 Å². The van der Waals surface area contributed by atoms with Gasteiger partial charge in [-0.2, -0.15) is 4.31 Å². The number of nitrogens with one attached hydrogen (secondary N) is 1. The van der Waals surface area contributed by atoms with E-state index in [0.29, 0.717) is 35.7 Å². The third kappa shape index (κ3) is 4.91. The third-order valence-corrected chi connectivity index (χ3v) is 8.14. The largest absolute Gasteiger partial charge is 0.497 e. The Bertz CT molecular complexity index is 1140. The Balaban J connectivity index is 1.85. The van der Waals surface area contributed by atoms with Gasteiger partial charge in [-0.15, -0.1) is 0 Å². The van der Waals surface area contributed by atoms with Crippen molar-refractivity contribution in [2.45, 2.75) is 38.5 Å². The Kier molecular flexibility index (Phi) is 7.48. The van der Waals surface area contributed by atoms with E-state index in [1.165, 1.54) is 4.31 Å². The molecular formula is C23H31N3O6S. The smallest absolute Gasteiger partial charge is 0.341 e. The first-order chi connectivity index (χ1) is 15.6. The van der Waals surface area contributed by atoms with Gasteiger partial charge in [-0.25, -0.2) is 13.2 Å². The van der Waals surface area contributed by atoms with Crippen LogP contribution in [0.3, 0.4) is 0 Å². The molecular weight excluding hydrogens is 446 g/mol. The van der Waals surface area contributed by atoms with Crippen LogP contribution in [0.5, 0.6) is 5.75 Å². The van der Waals surface area contributed by atoms with E-state index in [1.807, 2.05) is 0 Å². The summed E-state index contributed by atoms with van der Waals surface area (Å²) in [7, 11) is -0.742. The minimum absolute atomic E-state index is 0.0416. The number of hydrogen-bond donors (Lipinski definition) is 1. The predicted molar refractivity (Wildman–Crippen MR) is 124 cm³/mol. The zero-order chi connectivity index (χ0) is 24.3. The highest BCUT2D eigenvalue weighted by Crippen LogP contribution is 2.32. The molecule has 1 aliphatic rings. The van der Waals surface area contributed by atoms with E-state index in [-0.39, 0.29) is 36.1 Å². The van der Waals surface area contributed by atoms with E-state index in [0.717, 1.165) is 0 Å². The number of methoxy groups -OCH3 is 1. The van der Waals surface area contributed by atoms with Crippen LogP contribution in [0.1, 0.15) is 41.5 Å². The van der Waals surface area contributed by atoms with Gasteiger partial charge in [0.15, 0.2) is 0 Å². The van der Waals surface area contributed by atoms with Crippen LogP contribution in [0.4, 0.5) is 5.69 Å². The fraction of sp³-hybridized carbons (Fsp3) is 0.478. The van der Waals surface area contributed by atoms with Crippen LogP contribution in [-0.4, -0.2) is 56.0 Å². The number of sulfonamides is 1. The molecule has 0 radical (unpaired) electrons. The lowest BCUT2D eigenvalue weighted by atomic mass is 9.99. The number of anilines is 1. The molecule has 1 amide bonds. The Morgan fingerprint density at radius 3 is 2.42 bits per heavy atom. The zero-order valence-electron chi connectivity index (χ0n) is 19.7. The van der Waals surface area contributed by atoms with Crippen LogP contribution in [-0.2, 0) is 26.6 Å². The number of carbonyl (C=O) groups excluding carboxylic acids is 2. The van der Waals surface area contributed by atoms with Crippen LogP contribution >= 0.6 is 0 Å². The third-order valence-electron chi connectivity index (χ3n) is 6.11. The summed E-state index contributed by atoms with van der Waals surface area (Å²) >= 11 is 0. The molecule has 33 heavy (non-hydrogen) atoms. The number of aromatic nitrogens is 1. The van der Waals surface area contributed by atoms with Crippen LogP contribution in [0.2, 0.25) is 0 Å². The van der Waals surface area contributed by atoms with Gasteiger partial charge in [0.25, 0.3) is 0 Å². The first kappa shape index (κ1) is 24.8. The summed E-state index contributed by atoms with van der Waals surface area (Å²) in [4.78, 5) is 25.4. The molecule has 1 saturated heterocycles. The summed E-state index contributed by atoms with van der Waals surface area (Å²) < 4.78 is 40.6. The molecule has 0 aliphatic carbocycles. The van der Waals surface area contributed by atoms with Crippen molar-refractivity contribution in [3.05, 3.63) is 41.2 Å². The van der Waals surface area contributed by atoms with Gasteiger partial charge in [-0.1, -0.05) is 0 Å². The van der Waals surface area contributed by atoms with Gasteiger partial charge in [-0.3, -0.25) is 4.79 Å². The lowest BCUT2D eigenvalue weighted by Gasteiger charge is -2.31. The molecule has 180 valence electrons. The van der Waals surface area contributed by atoms with Gasteiger partial charge in [0, 0.05) is 37.2 Å². The number of piperidine rings is 1. The monoisotopic (exact) mass is 477 g/mol. The van der Waals surface area contributed by atoms with Crippen molar-refractivity contribution < 1.29 is 27.5 Å². The molecule has 1 atom stereocenters. The van der Waals surface area contributed by atoms with E-state index in [9.17, 15) is 18.0 Å². The number of benzene rings is 1. The average Bonchev–Trinajstić information content (AvgIpc) is 3.04. The fourth-order valence-corrected chi connectivity index (χ4v) is 6.10. The Hall–Kier alpha value is -2.85. The van der Waals surface area contributed by atoms with E-state index >= 15 is 0 Å². The fourth-order valence-electron chi connectivity index (χ4n) is 4.10. The Morgan fingerprint density at radius 2 is 1.82 bits per heavy atom. The summed E-state index contributed by atoms with van der Waals surface area (Å²) in [6.07, 6.45) is 1.12. The number of carbonyl (C=O) groups is 2. The molecule has 1 N–H and O–H groups in total. The predicted octanol–water partition coefficient (Wildman–Crippen LogP) is 2.87. The second-order valence-electron chi connectivity index (χ2n) is 8.07. The molecule has 2 aromatic rings. The van der Waals surface area contributed by atoms with Gasteiger partial charge in [-0.05, 0) is 57.9 Å². The number of amides is 1. The highest BCUT2D eigenvalue weighted by atomic mass is 32.2. The van der Waals surface area contributed by atoms with Crippen LogP contribution in [0.25, 0.3) is 0 Å². The standard InChI is InChI=1S/C23H31N3O6S/c1-6-32-23(28)20-15(2)25(4)16(3)21(20)33(29,30)26-13-7-8-17(14-26)22(27)24-18-9-11-19(31-5)12-10-18/h9-12,17H,6-8,13-14H2,1-5H3,(H,24,27)/t17-/m1/s1. The van der Waals surface area contributed by atoms with Crippen molar-refractivity contribution in [2.24, 2.45) is 13.0 Å². The normalized spacial score (nSPS) is 16.9. The number of esters is 1. The number of ether oxygens (including phenoxy) is 2. The second kappa shape index (κ2) is 9.96. The van der Waals surface area contributed by atoms with Gasteiger partial charge in [0.2, 0.25) is 15.9 Å². The molecule has 10 heteroatoms. The van der Waals surface area contributed by atoms with Crippen molar-refractivity contribution in [1.82, 2.24) is 8.87 Å². The molecule has 3 rings (SSSR count). The molecule has 9 nitrogen and oxygen atoms in total. The molecule has 2 heterocycles. The van der Waals surface area contributed by atoms with E-state index < -0.39 is 21.9 Å². The van der Waals surface area contributed by atoms with Crippen LogP contribution < -0.4 is 10.1 Å². The first-order valence-corrected chi connectivity index (χ1v) is 12.3. The maximum atomic E-state index is 13.7. The minimum atomic E-state index is -4.02. The highest BCUT2D eigenvalue weighted by molar-refractivity contribution is 7.89. The number of rotatable bonds is 7. The zero-order valence-corrected chi connectivity index (χ0v) is 20.5. The summed E-state index contributed by atoms with van der Waals surface area (Å²) in [6.45, 7) is 5.50. The molecule has 0 unspecified atom stereocenters. The van der Waals surface area contributed by atoms with Gasteiger partial charge >= 0.3 is 5.97 Å². The van der Waals surface area contributed by atoms with Crippen molar-refractivity contribution >= 4 is 27.6 Å². The Morgan fingerprint density at radius 1 is 1.15 bits per heavy atom. The van der Waals surface area contributed by atoms with Gasteiger partial charge in [0.05, 0.1) is 19.6 Å². The summed E-state index contributed by atoms with van der Waals surface area (Å²) in [5, 5.41) is 2.85. The van der Waals surface area contributed by atoms with Crippen molar-refractivity contribution in [3.8, 4) is 5.75 Å². The summed E-state index contributed by atoms with van der Waals surface area (Å²) in [5.41, 5.74) is 1.65. The second-order valence-corrected chi connectivity index (χ2v) is 9.95. The maximum absolute atomic E-state index is 13.7. The van der Waals surface area contributed by atoms with E-state index in [1.54, 1.807) is 63.8 Å². The quantitative estimate of drug-likeness (QED) is 0.615. The molecule has 1 aromatic heterocycles. The topological polar surface area (TPSA) is 107 Å². The SMILES string of the molecule is CCOC(=O)c1c(S(=O)(=O)N2CCC[C@@H](C(=O)Nc3ccc(OC)cc3)C2)c(C)n(C)c1C. The highest BCUT2D eigenvalue weighted by Gasteiger charge is 2.39. The summed E-state index contributed by atoms with van der Waals surface area (Å²) in [5.74, 6) is -0.740. The van der Waals surface area contributed by atoms with Gasteiger partial charge < -0.3 is 19.4 Å². The van der Waals surface area contributed by atoms with Crippen LogP contribution in [0.15, 0.2) is 29.2 Å². The molecule has 0 bridgehead atoms. The van der Waals surface area contributed by atoms with Crippen LogP contribution in [0, 0.1) is 19.8 Å². The molecule has 1 aromatic carbocycles. The molecule has 0 saturated carbocycles. The Labute approximate surface area is 194 Å². The number of nitrogens with zero attached hydrogens (tertiary/aromatic N) is 2. The first-order valence-electron chi connectivity index (χ1n) is 10.9. The van der Waals surface area contributed by atoms with Gasteiger partial charge in [0.1, 0.15) is 16.2 Å². The van der Waals surface area contributed by atoms with E-state index in [2.05, 4.69) is 5.32 Å². The lowest BCUT2D eigenvalue weighted by Crippen LogP contribution is -2.44.